The van der Waals surface area contributed by atoms with E-state index < -0.39 is 29.5 Å². The number of aliphatic hydroxyl groups excluding tert-OH is 1. The maximum absolute atomic E-state index is 13.9. The topological polar surface area (TPSA) is 61.8 Å². The van der Waals surface area contributed by atoms with Gasteiger partial charge in [0.05, 0.1) is 24.1 Å². The molecule has 5 nitrogen and oxygen atoms in total. The molecular formula is C15H24F2N2O3. The number of hydrogen-bond donors (Lipinski definition) is 2. The molecule has 0 saturated carbocycles. The lowest BCUT2D eigenvalue weighted by Crippen LogP contribution is -2.51. The number of halogens is 2. The van der Waals surface area contributed by atoms with Crippen molar-refractivity contribution in [2.75, 3.05) is 26.2 Å². The summed E-state index contributed by atoms with van der Waals surface area (Å²) in [5.41, 5.74) is -1.16. The Bertz CT molecular complexity index is 443. The van der Waals surface area contributed by atoms with Crippen molar-refractivity contribution in [2.24, 2.45) is 5.41 Å². The summed E-state index contributed by atoms with van der Waals surface area (Å²) in [4.78, 5) is 13.6. The molecule has 2 aliphatic heterocycles. The van der Waals surface area contributed by atoms with Gasteiger partial charge < -0.3 is 15.2 Å². The van der Waals surface area contributed by atoms with Crippen molar-refractivity contribution in [1.82, 2.24) is 10.2 Å². The average molecular weight is 318 g/mol. The zero-order valence-corrected chi connectivity index (χ0v) is 13.0. The van der Waals surface area contributed by atoms with Gasteiger partial charge in [-0.1, -0.05) is 12.7 Å². The van der Waals surface area contributed by atoms with Crippen molar-refractivity contribution in [3.8, 4) is 0 Å². The van der Waals surface area contributed by atoms with Gasteiger partial charge in [0.25, 0.3) is 5.92 Å². The third-order valence-corrected chi connectivity index (χ3v) is 4.63. The highest BCUT2D eigenvalue weighted by Gasteiger charge is 2.56. The Labute approximate surface area is 129 Å². The van der Waals surface area contributed by atoms with Crippen LogP contribution in [0.5, 0.6) is 0 Å². The number of carbonyl (C=O) groups is 1. The number of carbonyl (C=O) groups excluding carboxylic acids is 1. The molecule has 2 saturated heterocycles. The molecule has 0 aliphatic carbocycles. The van der Waals surface area contributed by atoms with Crippen LogP contribution in [0.15, 0.2) is 12.7 Å². The minimum absolute atomic E-state index is 0.0224. The molecule has 2 heterocycles. The Morgan fingerprint density at radius 1 is 1.64 bits per heavy atom. The Kier molecular flexibility index (Phi) is 4.89. The lowest BCUT2D eigenvalue weighted by atomic mass is 9.86. The molecule has 0 unspecified atom stereocenters. The summed E-state index contributed by atoms with van der Waals surface area (Å²) >= 11 is 0. The molecule has 2 aliphatic rings. The summed E-state index contributed by atoms with van der Waals surface area (Å²) in [5.74, 6) is -3.37. The molecule has 0 radical (unpaired) electrons. The normalized spacial score (nSPS) is 29.1. The van der Waals surface area contributed by atoms with Crippen LogP contribution in [0.3, 0.4) is 0 Å². The number of aliphatic hydroxyl groups is 1. The monoisotopic (exact) mass is 318 g/mol. The van der Waals surface area contributed by atoms with E-state index >= 15 is 0 Å². The van der Waals surface area contributed by atoms with Gasteiger partial charge in [-0.25, -0.2) is 8.78 Å². The van der Waals surface area contributed by atoms with E-state index in [1.807, 2.05) is 0 Å². The number of ether oxygens (including phenoxy) is 1. The zero-order chi connectivity index (χ0) is 16.5. The Hall–Kier alpha value is -1.05. The second kappa shape index (κ2) is 6.22. The smallest absolute Gasteiger partial charge is 0.314 e. The number of alkyl halides is 2. The predicted molar refractivity (Wildman–Crippen MR) is 77.7 cm³/mol. The third kappa shape index (κ3) is 3.16. The number of nitrogens with one attached hydrogen (secondary N) is 1. The standard InChI is InChI=1S/C15H24F2N2O3/c1-4-7-22-13(21)14(2,3)11(20)8-19-6-5-10-12(19)15(16,17)9-18-10/h4,10-12,18,20H,1,5-9H2,2-3H3/t10-,11+,12+/m0/s1. The molecule has 0 bridgehead atoms. The molecule has 0 aromatic carbocycles. The number of hydrogen-bond acceptors (Lipinski definition) is 5. The molecule has 0 amide bonds. The van der Waals surface area contributed by atoms with E-state index in [4.69, 9.17) is 4.74 Å². The van der Waals surface area contributed by atoms with Crippen molar-refractivity contribution < 1.29 is 23.4 Å². The Morgan fingerprint density at radius 3 is 2.95 bits per heavy atom. The highest BCUT2D eigenvalue weighted by molar-refractivity contribution is 5.76. The van der Waals surface area contributed by atoms with Crippen molar-refractivity contribution in [3.63, 3.8) is 0 Å². The molecule has 126 valence electrons. The lowest BCUT2D eigenvalue weighted by molar-refractivity contribution is -0.160. The van der Waals surface area contributed by atoms with E-state index in [9.17, 15) is 18.7 Å². The quantitative estimate of drug-likeness (QED) is 0.560. The minimum atomic E-state index is -2.81. The first-order valence-electron chi connectivity index (χ1n) is 7.51. The molecular weight excluding hydrogens is 294 g/mol. The van der Waals surface area contributed by atoms with Crippen molar-refractivity contribution in [2.45, 2.75) is 44.4 Å². The highest BCUT2D eigenvalue weighted by atomic mass is 19.3. The molecule has 3 atom stereocenters. The van der Waals surface area contributed by atoms with E-state index in [1.54, 1.807) is 18.7 Å². The molecule has 0 spiro atoms. The van der Waals surface area contributed by atoms with E-state index in [1.165, 1.54) is 6.08 Å². The highest BCUT2D eigenvalue weighted by Crippen LogP contribution is 2.37. The first-order chi connectivity index (χ1) is 10.2. The Morgan fingerprint density at radius 2 is 2.32 bits per heavy atom. The average Bonchev–Trinajstić information content (AvgIpc) is 2.98. The number of nitrogens with zero attached hydrogens (tertiary/aromatic N) is 1. The number of esters is 1. The van der Waals surface area contributed by atoms with Crippen LogP contribution < -0.4 is 5.32 Å². The van der Waals surface area contributed by atoms with Gasteiger partial charge in [-0.05, 0) is 20.3 Å². The van der Waals surface area contributed by atoms with Crippen LogP contribution in [0, 0.1) is 5.41 Å². The Balaban J connectivity index is 2.00. The van der Waals surface area contributed by atoms with E-state index in [0.29, 0.717) is 13.0 Å². The summed E-state index contributed by atoms with van der Waals surface area (Å²) in [6.45, 7) is 6.80. The fraction of sp³-hybridized carbons (Fsp3) is 0.800. The number of β-amino-alcohol motifs (C(OH)–C–C–N with tert-alkyl or cyclic N) is 1. The van der Waals surface area contributed by atoms with Gasteiger partial charge in [0, 0.05) is 19.1 Å². The van der Waals surface area contributed by atoms with Gasteiger partial charge in [0.2, 0.25) is 0 Å². The SMILES string of the molecule is C=CCOC(=O)C(C)(C)[C@H](O)CN1CC[C@@H]2NCC(F)(F)[C@@H]21. The molecule has 7 heteroatoms. The van der Waals surface area contributed by atoms with Crippen molar-refractivity contribution >= 4 is 5.97 Å². The minimum Gasteiger partial charge on any atom is -0.461 e. The van der Waals surface area contributed by atoms with E-state index in [0.717, 1.165) is 0 Å². The maximum atomic E-state index is 13.9. The number of fused-ring (bicyclic) bond motifs is 1. The van der Waals surface area contributed by atoms with Crippen LogP contribution in [-0.4, -0.2) is 66.3 Å². The largest absolute Gasteiger partial charge is 0.461 e. The molecule has 22 heavy (non-hydrogen) atoms. The van der Waals surface area contributed by atoms with Crippen LogP contribution in [-0.2, 0) is 9.53 Å². The summed E-state index contributed by atoms with van der Waals surface area (Å²) in [7, 11) is 0. The van der Waals surface area contributed by atoms with Gasteiger partial charge in [-0.3, -0.25) is 9.69 Å². The second-order valence-corrected chi connectivity index (χ2v) is 6.60. The zero-order valence-electron chi connectivity index (χ0n) is 13.0. The van der Waals surface area contributed by atoms with Crippen LogP contribution in [0.1, 0.15) is 20.3 Å². The molecule has 2 rings (SSSR count). The lowest BCUT2D eigenvalue weighted by Gasteiger charge is -2.34. The van der Waals surface area contributed by atoms with Gasteiger partial charge in [0.15, 0.2) is 0 Å². The van der Waals surface area contributed by atoms with Gasteiger partial charge in [-0.15, -0.1) is 0 Å². The van der Waals surface area contributed by atoms with Crippen LogP contribution >= 0.6 is 0 Å². The van der Waals surface area contributed by atoms with Gasteiger partial charge in [-0.2, -0.15) is 0 Å². The fourth-order valence-electron chi connectivity index (χ4n) is 3.12. The van der Waals surface area contributed by atoms with E-state index in [-0.39, 0.29) is 25.7 Å². The van der Waals surface area contributed by atoms with Crippen LogP contribution in [0.2, 0.25) is 0 Å². The predicted octanol–water partition coefficient (Wildman–Crippen LogP) is 0.784. The number of rotatable bonds is 6. The van der Waals surface area contributed by atoms with Crippen molar-refractivity contribution in [3.05, 3.63) is 12.7 Å². The fourth-order valence-corrected chi connectivity index (χ4v) is 3.12. The van der Waals surface area contributed by atoms with Gasteiger partial charge in [0.1, 0.15) is 6.61 Å². The molecule has 2 fully saturated rings. The summed E-state index contributed by atoms with van der Waals surface area (Å²) in [5, 5.41) is 13.2. The number of likely N-dealkylation sites (tertiary alicyclic amines) is 1. The third-order valence-electron chi connectivity index (χ3n) is 4.63. The van der Waals surface area contributed by atoms with Gasteiger partial charge >= 0.3 is 5.97 Å². The molecule has 2 N–H and O–H groups in total. The summed E-state index contributed by atoms with van der Waals surface area (Å²) < 4.78 is 32.8. The van der Waals surface area contributed by atoms with E-state index in [2.05, 4.69) is 11.9 Å². The molecule has 0 aromatic heterocycles. The first kappa shape index (κ1) is 17.3. The maximum Gasteiger partial charge on any atom is 0.314 e. The summed E-state index contributed by atoms with van der Waals surface area (Å²) in [6.07, 6.45) is 0.977. The van der Waals surface area contributed by atoms with Crippen LogP contribution in [0.4, 0.5) is 8.78 Å². The summed E-state index contributed by atoms with van der Waals surface area (Å²) in [6, 6.07) is -1.17. The second-order valence-electron chi connectivity index (χ2n) is 6.60. The van der Waals surface area contributed by atoms with Crippen LogP contribution in [0.25, 0.3) is 0 Å². The van der Waals surface area contributed by atoms with Crippen molar-refractivity contribution in [1.29, 1.82) is 0 Å². The molecule has 0 aromatic rings. The first-order valence-corrected chi connectivity index (χ1v) is 7.51.